The Morgan fingerprint density at radius 3 is 2.38 bits per heavy atom. The highest BCUT2D eigenvalue weighted by Gasteiger charge is 2.15. The minimum atomic E-state index is -0.545. The summed E-state index contributed by atoms with van der Waals surface area (Å²) in [6.07, 6.45) is 0.126. The lowest BCUT2D eigenvalue weighted by molar-refractivity contribution is -0.00365. The minimum Gasteiger partial charge on any atom is -0.396 e. The van der Waals surface area contributed by atoms with Crippen molar-refractivity contribution in [1.29, 1.82) is 0 Å². The van der Waals surface area contributed by atoms with Gasteiger partial charge in [-0.3, -0.25) is 0 Å². The fraction of sp³-hybridized carbons (Fsp3) is 0.647. The predicted molar refractivity (Wildman–Crippen MR) is 85.1 cm³/mol. The molecule has 0 radical (unpaired) electrons. The van der Waals surface area contributed by atoms with E-state index in [0.29, 0.717) is 25.5 Å². The average Bonchev–Trinajstić information content (AvgIpc) is 2.49. The van der Waals surface area contributed by atoms with Crippen LogP contribution in [-0.2, 0) is 4.74 Å². The van der Waals surface area contributed by atoms with Crippen molar-refractivity contribution in [1.82, 2.24) is 5.32 Å². The van der Waals surface area contributed by atoms with Gasteiger partial charge in [-0.1, -0.05) is 44.2 Å². The van der Waals surface area contributed by atoms with Crippen LogP contribution in [-0.4, -0.2) is 42.1 Å². The molecule has 0 amide bonds. The molecule has 0 fully saturated rings. The highest BCUT2D eigenvalue weighted by atomic mass is 16.5. The molecule has 120 valence electrons. The van der Waals surface area contributed by atoms with E-state index in [-0.39, 0.29) is 18.8 Å². The largest absolute Gasteiger partial charge is 0.396 e. The fourth-order valence-electron chi connectivity index (χ4n) is 2.23. The zero-order chi connectivity index (χ0) is 15.7. The maximum Gasteiger partial charge on any atom is 0.0898 e. The van der Waals surface area contributed by atoms with E-state index in [1.165, 1.54) is 0 Å². The summed E-state index contributed by atoms with van der Waals surface area (Å²) in [6.45, 7) is 7.13. The third kappa shape index (κ3) is 7.05. The second-order valence-corrected chi connectivity index (χ2v) is 5.81. The van der Waals surface area contributed by atoms with Crippen LogP contribution in [0, 0.1) is 5.92 Å². The summed E-state index contributed by atoms with van der Waals surface area (Å²) in [4.78, 5) is 0. The minimum absolute atomic E-state index is 0.0285. The number of aliphatic hydroxyl groups excluding tert-OH is 2. The van der Waals surface area contributed by atoms with E-state index >= 15 is 0 Å². The average molecular weight is 295 g/mol. The van der Waals surface area contributed by atoms with Gasteiger partial charge >= 0.3 is 0 Å². The van der Waals surface area contributed by atoms with Crippen LogP contribution >= 0.6 is 0 Å². The summed E-state index contributed by atoms with van der Waals surface area (Å²) in [5.41, 5.74) is 1.11. The maximum atomic E-state index is 9.99. The Morgan fingerprint density at radius 2 is 1.81 bits per heavy atom. The molecule has 0 aliphatic carbocycles. The van der Waals surface area contributed by atoms with E-state index < -0.39 is 6.10 Å². The van der Waals surface area contributed by atoms with E-state index in [1.807, 2.05) is 37.3 Å². The monoisotopic (exact) mass is 295 g/mol. The number of hydrogen-bond acceptors (Lipinski definition) is 4. The van der Waals surface area contributed by atoms with Gasteiger partial charge in [-0.2, -0.15) is 0 Å². The molecule has 21 heavy (non-hydrogen) atoms. The first-order valence-electron chi connectivity index (χ1n) is 7.73. The van der Waals surface area contributed by atoms with Crippen molar-refractivity contribution in [3.05, 3.63) is 35.9 Å². The standard InChI is InChI=1S/C17H29NO3/c1-13(2)17(9-10-19)18-11-16(20)12-21-14(3)15-7-5-4-6-8-15/h4-8,13-14,16-20H,9-12H2,1-3H3. The molecule has 4 heteroatoms. The predicted octanol–water partition coefficient (Wildman–Crippen LogP) is 2.12. The molecule has 0 saturated carbocycles. The summed E-state index contributed by atoms with van der Waals surface area (Å²) in [7, 11) is 0. The molecule has 3 unspecified atom stereocenters. The molecule has 1 aromatic rings. The summed E-state index contributed by atoms with van der Waals surface area (Å²) < 4.78 is 5.70. The molecule has 0 aliphatic heterocycles. The molecule has 0 spiro atoms. The Morgan fingerprint density at radius 1 is 1.14 bits per heavy atom. The second-order valence-electron chi connectivity index (χ2n) is 5.81. The quantitative estimate of drug-likeness (QED) is 0.619. The Labute approximate surface area is 128 Å². The number of aliphatic hydroxyl groups is 2. The molecule has 0 aromatic heterocycles. The molecule has 0 saturated heterocycles. The molecule has 4 nitrogen and oxygen atoms in total. The molecule has 0 heterocycles. The number of hydrogen-bond donors (Lipinski definition) is 3. The first-order chi connectivity index (χ1) is 10.0. The third-order valence-corrected chi connectivity index (χ3v) is 3.67. The van der Waals surface area contributed by atoms with Crippen molar-refractivity contribution in [3.63, 3.8) is 0 Å². The van der Waals surface area contributed by atoms with Crippen LogP contribution in [0.5, 0.6) is 0 Å². The van der Waals surface area contributed by atoms with Crippen LogP contribution in [0.15, 0.2) is 30.3 Å². The van der Waals surface area contributed by atoms with Gasteiger partial charge in [0.1, 0.15) is 0 Å². The zero-order valence-corrected chi connectivity index (χ0v) is 13.3. The lowest BCUT2D eigenvalue weighted by Crippen LogP contribution is -2.40. The fourth-order valence-corrected chi connectivity index (χ4v) is 2.23. The summed E-state index contributed by atoms with van der Waals surface area (Å²) in [5.74, 6) is 0.425. The van der Waals surface area contributed by atoms with E-state index in [4.69, 9.17) is 9.84 Å². The highest BCUT2D eigenvalue weighted by molar-refractivity contribution is 5.16. The molecule has 0 bridgehead atoms. The van der Waals surface area contributed by atoms with Crippen molar-refractivity contribution in [3.8, 4) is 0 Å². The van der Waals surface area contributed by atoms with Gasteiger partial charge in [0.2, 0.25) is 0 Å². The van der Waals surface area contributed by atoms with Gasteiger partial charge in [-0.25, -0.2) is 0 Å². The van der Waals surface area contributed by atoms with E-state index in [0.717, 1.165) is 5.56 Å². The van der Waals surface area contributed by atoms with Crippen molar-refractivity contribution >= 4 is 0 Å². The van der Waals surface area contributed by atoms with Gasteiger partial charge in [-0.05, 0) is 24.8 Å². The van der Waals surface area contributed by atoms with Gasteiger partial charge in [0, 0.05) is 19.2 Å². The van der Waals surface area contributed by atoms with Crippen LogP contribution in [0.4, 0.5) is 0 Å². The lowest BCUT2D eigenvalue weighted by Gasteiger charge is -2.24. The van der Waals surface area contributed by atoms with Gasteiger partial charge in [0.25, 0.3) is 0 Å². The van der Waals surface area contributed by atoms with Gasteiger partial charge in [0.15, 0.2) is 0 Å². The summed E-state index contributed by atoms with van der Waals surface area (Å²) in [5, 5.41) is 22.3. The lowest BCUT2D eigenvalue weighted by atomic mass is 10.0. The Balaban J connectivity index is 2.29. The second kappa shape index (κ2) is 9.90. The number of rotatable bonds is 10. The van der Waals surface area contributed by atoms with E-state index in [2.05, 4.69) is 19.2 Å². The smallest absolute Gasteiger partial charge is 0.0898 e. The highest BCUT2D eigenvalue weighted by Crippen LogP contribution is 2.16. The number of ether oxygens (including phenoxy) is 1. The Kier molecular flexibility index (Phi) is 8.54. The first-order valence-corrected chi connectivity index (χ1v) is 7.73. The molecular formula is C17H29NO3. The van der Waals surface area contributed by atoms with Gasteiger partial charge in [-0.15, -0.1) is 0 Å². The van der Waals surface area contributed by atoms with Crippen LogP contribution in [0.1, 0.15) is 38.9 Å². The molecule has 1 aromatic carbocycles. The normalized spacial score (nSPS) is 15.9. The van der Waals surface area contributed by atoms with Crippen molar-refractivity contribution in [2.75, 3.05) is 19.8 Å². The van der Waals surface area contributed by atoms with Gasteiger partial charge in [0.05, 0.1) is 18.8 Å². The molecule has 0 aliphatic rings. The first kappa shape index (κ1) is 18.1. The Bertz CT molecular complexity index is 370. The topological polar surface area (TPSA) is 61.7 Å². The maximum absolute atomic E-state index is 9.99. The SMILES string of the molecule is CC(OCC(O)CNC(CCO)C(C)C)c1ccccc1. The van der Waals surface area contributed by atoms with Crippen LogP contribution in [0.2, 0.25) is 0 Å². The zero-order valence-electron chi connectivity index (χ0n) is 13.3. The third-order valence-electron chi connectivity index (χ3n) is 3.67. The number of benzene rings is 1. The van der Waals surface area contributed by atoms with E-state index in [1.54, 1.807) is 0 Å². The Hall–Kier alpha value is -0.940. The molecular weight excluding hydrogens is 266 g/mol. The van der Waals surface area contributed by atoms with Gasteiger partial charge < -0.3 is 20.3 Å². The van der Waals surface area contributed by atoms with Crippen molar-refractivity contribution in [2.45, 2.75) is 45.4 Å². The van der Waals surface area contributed by atoms with E-state index in [9.17, 15) is 5.11 Å². The molecule has 3 atom stereocenters. The summed E-state index contributed by atoms with van der Waals surface area (Å²) >= 11 is 0. The van der Waals surface area contributed by atoms with Crippen molar-refractivity contribution in [2.24, 2.45) is 5.92 Å². The molecule has 1 rings (SSSR count). The van der Waals surface area contributed by atoms with Crippen molar-refractivity contribution < 1.29 is 14.9 Å². The molecule has 3 N–H and O–H groups in total. The van der Waals surface area contributed by atoms with Crippen LogP contribution in [0.25, 0.3) is 0 Å². The van der Waals surface area contributed by atoms with Crippen LogP contribution in [0.3, 0.4) is 0 Å². The summed E-state index contributed by atoms with van der Waals surface area (Å²) in [6, 6.07) is 10.2. The van der Waals surface area contributed by atoms with Crippen LogP contribution < -0.4 is 5.32 Å². The number of nitrogens with one attached hydrogen (secondary N) is 1.